The second-order valence-corrected chi connectivity index (χ2v) is 9.18. The standard InChI is InChI=1S/C13H12N2O2.C12H12N2O.C4H8O.Al.Li.4H/c1-17-13(16)11-8-15-7-6-9-4-2-3-5-10(9)12(15)14-11;15-8-10-7-14-6-5-9-3-1-2-4-11(9)12(14)13-10;1-2-4-5-3-1;;;;;;/h2-5,8H,6-7H2,1H3;1-4,7,15H,5-6,8H2;1-4H2;;;;;;/q;;;;+1;;;;-1. The van der Waals surface area contributed by atoms with Crippen LogP contribution < -0.4 is 18.9 Å². The third-order valence-corrected chi connectivity index (χ3v) is 6.75. The van der Waals surface area contributed by atoms with Crippen LogP contribution in [0.4, 0.5) is 0 Å². The minimum atomic E-state index is -0.385. The van der Waals surface area contributed by atoms with Gasteiger partial charge in [0.05, 0.1) is 19.4 Å². The Morgan fingerprint density at radius 1 is 0.923 bits per heavy atom. The largest absolute Gasteiger partial charge is 1.00 e. The zero-order valence-corrected chi connectivity index (χ0v) is 22.1. The van der Waals surface area contributed by atoms with E-state index in [0.717, 1.165) is 62.1 Å². The molecule has 2 aromatic carbocycles. The third-order valence-electron chi connectivity index (χ3n) is 6.75. The molecule has 0 spiro atoms. The summed E-state index contributed by atoms with van der Waals surface area (Å²) < 4.78 is 13.8. The van der Waals surface area contributed by atoms with E-state index in [9.17, 15) is 4.79 Å². The van der Waals surface area contributed by atoms with Crippen molar-refractivity contribution in [2.75, 3.05) is 20.3 Å². The van der Waals surface area contributed by atoms with E-state index >= 15 is 0 Å². The van der Waals surface area contributed by atoms with Crippen LogP contribution in [0.15, 0.2) is 60.9 Å². The molecule has 0 unspecified atom stereocenters. The number of hydrogen-bond donors (Lipinski definition) is 1. The topological polar surface area (TPSA) is 91.4 Å². The number of ether oxygens (including phenoxy) is 2. The van der Waals surface area contributed by atoms with Crippen LogP contribution in [0.5, 0.6) is 0 Å². The van der Waals surface area contributed by atoms with Crippen molar-refractivity contribution < 1.29 is 39.7 Å². The van der Waals surface area contributed by atoms with E-state index in [4.69, 9.17) is 9.84 Å². The number of benzene rings is 2. The van der Waals surface area contributed by atoms with Gasteiger partial charge < -0.3 is 25.1 Å². The number of imidazole rings is 2. The molecule has 5 heterocycles. The Kier molecular flexibility index (Phi) is 11.6. The number of hydrogen-bond acceptors (Lipinski definition) is 6. The van der Waals surface area contributed by atoms with Gasteiger partial charge in [0.2, 0.25) is 0 Å². The van der Waals surface area contributed by atoms with Crippen LogP contribution in [0, 0.1) is 0 Å². The van der Waals surface area contributed by atoms with Gasteiger partial charge in [-0.15, -0.1) is 0 Å². The molecule has 0 saturated carbocycles. The molecule has 3 aliphatic rings. The molecule has 0 bridgehead atoms. The van der Waals surface area contributed by atoms with Crippen LogP contribution in [0.2, 0.25) is 0 Å². The first-order valence-corrected chi connectivity index (χ1v) is 12.7. The molecular weight excluding hydrogens is 502 g/mol. The molecule has 2 aromatic heterocycles. The number of rotatable bonds is 2. The molecule has 0 aliphatic carbocycles. The summed E-state index contributed by atoms with van der Waals surface area (Å²) >= 11 is 0. The summed E-state index contributed by atoms with van der Waals surface area (Å²) in [5.41, 5.74) is 6.06. The molecule has 0 amide bonds. The normalized spacial score (nSPS) is 13.8. The van der Waals surface area contributed by atoms with Gasteiger partial charge in [0, 0.05) is 49.8 Å². The number of nitrogens with zero attached hydrogens (tertiary/aromatic N) is 4. The Bertz CT molecular complexity index is 1380. The molecule has 39 heavy (non-hydrogen) atoms. The fourth-order valence-corrected chi connectivity index (χ4v) is 4.84. The Morgan fingerprint density at radius 2 is 1.46 bits per heavy atom. The monoisotopic (exact) mass is 538 g/mol. The van der Waals surface area contributed by atoms with Gasteiger partial charge in [-0.2, -0.15) is 0 Å². The quantitative estimate of drug-likeness (QED) is 0.290. The van der Waals surface area contributed by atoms with Gasteiger partial charge in [-0.3, -0.25) is 0 Å². The molecule has 3 aliphatic heterocycles. The van der Waals surface area contributed by atoms with Crippen molar-refractivity contribution in [2.45, 2.75) is 45.4 Å². The second kappa shape index (κ2) is 14.7. The maximum absolute atomic E-state index is 11.4. The molecule has 1 N–H and O–H groups in total. The fraction of sp³-hybridized carbons (Fsp3) is 0.345. The summed E-state index contributed by atoms with van der Waals surface area (Å²) in [5.74, 6) is 1.46. The average Bonchev–Trinajstić information content (AvgIpc) is 3.74. The number of esters is 1. The maximum Gasteiger partial charge on any atom is 1.00 e. The minimum Gasteiger partial charge on any atom is -1.00 e. The average molecular weight is 539 g/mol. The van der Waals surface area contributed by atoms with Crippen LogP contribution >= 0.6 is 0 Å². The number of aliphatic hydroxyl groups is 1. The number of methoxy groups -OCH3 is 1. The van der Waals surface area contributed by atoms with Crippen molar-refractivity contribution in [3.05, 3.63) is 83.4 Å². The Balaban J connectivity index is 0.000000225. The third kappa shape index (κ3) is 7.13. The summed E-state index contributed by atoms with van der Waals surface area (Å²) in [6.45, 7) is 3.83. The van der Waals surface area contributed by atoms with Crippen LogP contribution in [-0.4, -0.2) is 67.9 Å². The number of aryl methyl sites for hydroxylation is 4. The smallest absolute Gasteiger partial charge is 1.00 e. The maximum atomic E-state index is 11.4. The second-order valence-electron chi connectivity index (χ2n) is 9.18. The fourth-order valence-electron chi connectivity index (χ4n) is 4.84. The van der Waals surface area contributed by atoms with Crippen LogP contribution in [0.3, 0.4) is 0 Å². The number of aliphatic hydroxyl groups excluding tert-OH is 1. The van der Waals surface area contributed by atoms with Gasteiger partial charge in [0.1, 0.15) is 11.6 Å². The molecule has 1 fully saturated rings. The van der Waals surface area contributed by atoms with Gasteiger partial charge in [-0.05, 0) is 36.8 Å². The summed E-state index contributed by atoms with van der Waals surface area (Å²) in [6.07, 6.45) is 8.27. The van der Waals surface area contributed by atoms with E-state index in [1.165, 1.54) is 36.6 Å². The molecule has 4 aromatic rings. The number of fused-ring (bicyclic) bond motifs is 6. The summed E-state index contributed by atoms with van der Waals surface area (Å²) in [7, 11) is 1.37. The van der Waals surface area contributed by atoms with Crippen LogP contribution in [0.1, 0.15) is 41.6 Å². The van der Waals surface area contributed by atoms with Crippen molar-refractivity contribution in [2.24, 2.45) is 0 Å². The van der Waals surface area contributed by atoms with E-state index in [0.29, 0.717) is 5.69 Å². The van der Waals surface area contributed by atoms with Crippen LogP contribution in [-0.2, 0) is 42.0 Å². The van der Waals surface area contributed by atoms with Crippen LogP contribution in [0.25, 0.3) is 22.8 Å². The van der Waals surface area contributed by atoms with Gasteiger partial charge >= 0.3 is 24.8 Å². The SMILES string of the molecule is C1CCOC1.COC(=O)c1cn2c(n1)-c1ccccc1CC2.OCc1cn2c(n1)-c1ccccc1CC2.[AlH3].[H-].[Li+]. The van der Waals surface area contributed by atoms with Gasteiger partial charge in [0.15, 0.2) is 23.1 Å². The zero-order valence-electron chi connectivity index (χ0n) is 23.1. The van der Waals surface area contributed by atoms with Crippen molar-refractivity contribution in [3.8, 4) is 22.8 Å². The molecule has 0 radical (unpaired) electrons. The number of carbonyl (C=O) groups is 1. The van der Waals surface area contributed by atoms with Gasteiger partial charge in [-0.1, -0.05) is 48.5 Å². The summed E-state index contributed by atoms with van der Waals surface area (Å²) in [4.78, 5) is 20.2. The van der Waals surface area contributed by atoms with Crippen molar-refractivity contribution in [1.82, 2.24) is 19.1 Å². The molecule has 8 nitrogen and oxygen atoms in total. The molecule has 200 valence electrons. The minimum absolute atomic E-state index is 0. The predicted octanol–water partition coefficient (Wildman–Crippen LogP) is 0.221. The van der Waals surface area contributed by atoms with Crippen molar-refractivity contribution in [1.29, 1.82) is 0 Å². The number of carbonyl (C=O) groups excluding carboxylic acids is 1. The predicted molar refractivity (Wildman–Crippen MR) is 151 cm³/mol. The Hall–Kier alpha value is -2.62. The van der Waals surface area contributed by atoms with E-state index < -0.39 is 0 Å². The van der Waals surface area contributed by atoms with Crippen molar-refractivity contribution in [3.63, 3.8) is 0 Å². The van der Waals surface area contributed by atoms with Crippen molar-refractivity contribution >= 4 is 23.3 Å². The first-order valence-electron chi connectivity index (χ1n) is 12.7. The zero-order chi connectivity index (χ0) is 25.6. The molecule has 10 heteroatoms. The van der Waals surface area contributed by atoms with E-state index in [1.54, 1.807) is 6.20 Å². The van der Waals surface area contributed by atoms with E-state index in [2.05, 4.69) is 43.5 Å². The summed E-state index contributed by atoms with van der Waals surface area (Å²) in [5, 5.41) is 9.06. The van der Waals surface area contributed by atoms with E-state index in [1.807, 2.05) is 35.0 Å². The number of aromatic nitrogens is 4. The first-order chi connectivity index (χ1) is 18.2. The molecule has 0 atom stereocenters. The Morgan fingerprint density at radius 3 is 1.97 bits per heavy atom. The summed E-state index contributed by atoms with van der Waals surface area (Å²) in [6, 6.07) is 16.5. The Labute approximate surface area is 253 Å². The van der Waals surface area contributed by atoms with Gasteiger partial charge in [-0.25, -0.2) is 14.8 Å². The molecule has 1 saturated heterocycles. The molecular formula is C29H36AlLiN4O4. The van der Waals surface area contributed by atoms with E-state index in [-0.39, 0.29) is 50.2 Å². The molecule has 7 rings (SSSR count). The van der Waals surface area contributed by atoms with Gasteiger partial charge in [0.25, 0.3) is 0 Å². The first kappa shape index (κ1) is 30.9.